The molecule has 154 valence electrons. The zero-order valence-electron chi connectivity index (χ0n) is 17.7. The molecule has 4 nitrogen and oxygen atoms in total. The molecule has 0 spiro atoms. The van der Waals surface area contributed by atoms with Crippen LogP contribution in [0.5, 0.6) is 17.2 Å². The second kappa shape index (κ2) is 7.86. The van der Waals surface area contributed by atoms with Gasteiger partial charge in [-0.3, -0.25) is 4.79 Å². The Kier molecular flexibility index (Phi) is 5.25. The molecule has 1 aliphatic rings. The molecule has 0 N–H and O–H groups in total. The molecule has 1 aliphatic heterocycles. The van der Waals surface area contributed by atoms with E-state index in [9.17, 15) is 4.79 Å². The molecule has 0 saturated heterocycles. The number of carbonyl (C=O) groups excluding carboxylic acids is 1. The average Bonchev–Trinajstić information content (AvgIpc) is 2.72. The van der Waals surface area contributed by atoms with Crippen LogP contribution in [0, 0.1) is 0 Å². The molecule has 4 rings (SSSR count). The van der Waals surface area contributed by atoms with Crippen LogP contribution in [0.1, 0.15) is 49.3 Å². The van der Waals surface area contributed by atoms with Gasteiger partial charge < -0.3 is 14.2 Å². The molecule has 30 heavy (non-hydrogen) atoms. The lowest BCUT2D eigenvalue weighted by Gasteiger charge is -2.45. The predicted octanol–water partition coefficient (Wildman–Crippen LogP) is 5.71. The molecule has 4 heteroatoms. The summed E-state index contributed by atoms with van der Waals surface area (Å²) in [4.78, 5) is 11.3. The lowest BCUT2D eigenvalue weighted by atomic mass is 9.68. The molecule has 0 unspecified atom stereocenters. The summed E-state index contributed by atoms with van der Waals surface area (Å²) >= 11 is 0. The Morgan fingerprint density at radius 3 is 2.20 bits per heavy atom. The maximum Gasteiger partial charge on any atom is 0.308 e. The predicted molar refractivity (Wildman–Crippen MR) is 116 cm³/mol. The summed E-state index contributed by atoms with van der Waals surface area (Å²) in [7, 11) is 1.66. The third kappa shape index (κ3) is 3.78. The summed E-state index contributed by atoms with van der Waals surface area (Å²) in [5.74, 6) is 1.99. The van der Waals surface area contributed by atoms with E-state index in [0.717, 1.165) is 22.6 Å². The first-order valence-corrected chi connectivity index (χ1v) is 10.1. The van der Waals surface area contributed by atoms with Crippen molar-refractivity contribution in [3.05, 3.63) is 89.5 Å². The van der Waals surface area contributed by atoms with Crippen molar-refractivity contribution in [1.82, 2.24) is 0 Å². The zero-order valence-corrected chi connectivity index (χ0v) is 17.7. The number of hydrogen-bond donors (Lipinski definition) is 0. The minimum absolute atomic E-state index is 0.0726. The molecule has 3 aromatic rings. The minimum Gasteiger partial charge on any atom is -0.497 e. The van der Waals surface area contributed by atoms with Crippen LogP contribution in [0.25, 0.3) is 0 Å². The molecule has 2 atom stereocenters. The van der Waals surface area contributed by atoms with E-state index in [4.69, 9.17) is 14.2 Å². The van der Waals surface area contributed by atoms with Crippen molar-refractivity contribution in [3.63, 3.8) is 0 Å². The Labute approximate surface area is 177 Å². The first-order valence-electron chi connectivity index (χ1n) is 10.1. The summed E-state index contributed by atoms with van der Waals surface area (Å²) in [5.41, 5.74) is 3.03. The molecule has 0 saturated carbocycles. The number of benzene rings is 3. The number of carbonyl (C=O) groups is 1. The molecule has 1 heterocycles. The Morgan fingerprint density at radius 1 is 0.900 bits per heavy atom. The fraction of sp³-hybridized carbons (Fsp3) is 0.269. The third-order valence-corrected chi connectivity index (χ3v) is 5.67. The lowest BCUT2D eigenvalue weighted by Crippen LogP contribution is -2.43. The summed E-state index contributed by atoms with van der Waals surface area (Å²) < 4.78 is 17.2. The summed E-state index contributed by atoms with van der Waals surface area (Å²) in [6.07, 6.45) is 0. The van der Waals surface area contributed by atoms with Gasteiger partial charge in [-0.15, -0.1) is 0 Å². The average molecular weight is 402 g/mol. The fourth-order valence-corrected chi connectivity index (χ4v) is 4.45. The molecule has 0 radical (unpaired) electrons. The number of methoxy groups -OCH3 is 1. The van der Waals surface area contributed by atoms with Gasteiger partial charge in [-0.05, 0) is 43.2 Å². The second-order valence-corrected chi connectivity index (χ2v) is 8.14. The van der Waals surface area contributed by atoms with Crippen molar-refractivity contribution >= 4 is 5.97 Å². The van der Waals surface area contributed by atoms with Crippen molar-refractivity contribution in [1.29, 1.82) is 0 Å². The Morgan fingerprint density at radius 2 is 1.57 bits per heavy atom. The minimum atomic E-state index is -0.445. The summed E-state index contributed by atoms with van der Waals surface area (Å²) in [5, 5.41) is 0. The largest absolute Gasteiger partial charge is 0.497 e. The first-order chi connectivity index (χ1) is 14.4. The fourth-order valence-electron chi connectivity index (χ4n) is 4.45. The Hall–Kier alpha value is -3.27. The van der Waals surface area contributed by atoms with E-state index < -0.39 is 5.60 Å². The number of fused-ring (bicyclic) bond motifs is 1. The van der Waals surface area contributed by atoms with Gasteiger partial charge in [0.2, 0.25) is 0 Å². The van der Waals surface area contributed by atoms with Crippen molar-refractivity contribution in [2.75, 3.05) is 7.11 Å². The van der Waals surface area contributed by atoms with E-state index in [1.54, 1.807) is 7.11 Å². The number of hydrogen-bond acceptors (Lipinski definition) is 4. The number of rotatable bonds is 4. The lowest BCUT2D eigenvalue weighted by molar-refractivity contribution is -0.131. The van der Waals surface area contributed by atoms with E-state index >= 15 is 0 Å². The van der Waals surface area contributed by atoms with Crippen LogP contribution in [-0.4, -0.2) is 18.7 Å². The number of ether oxygens (including phenoxy) is 3. The normalized spacial score (nSPS) is 19.3. The molecule has 0 aliphatic carbocycles. The molecule has 0 amide bonds. The van der Waals surface area contributed by atoms with Gasteiger partial charge in [-0.2, -0.15) is 0 Å². The first kappa shape index (κ1) is 20.0. The van der Waals surface area contributed by atoms with E-state index in [1.165, 1.54) is 12.5 Å². The van der Waals surface area contributed by atoms with Crippen LogP contribution in [-0.2, 0) is 4.79 Å². The molecule has 0 aromatic heterocycles. The van der Waals surface area contributed by atoms with Crippen LogP contribution in [0.15, 0.2) is 72.8 Å². The van der Waals surface area contributed by atoms with E-state index in [-0.39, 0.29) is 17.8 Å². The highest BCUT2D eigenvalue weighted by atomic mass is 16.5. The molecule has 3 aromatic carbocycles. The van der Waals surface area contributed by atoms with Gasteiger partial charge in [0.25, 0.3) is 0 Å². The van der Waals surface area contributed by atoms with Crippen LogP contribution in [0.4, 0.5) is 0 Å². The van der Waals surface area contributed by atoms with Crippen molar-refractivity contribution in [3.8, 4) is 17.2 Å². The van der Waals surface area contributed by atoms with Crippen molar-refractivity contribution < 1.29 is 19.0 Å². The highest BCUT2D eigenvalue weighted by molar-refractivity contribution is 5.69. The van der Waals surface area contributed by atoms with Gasteiger partial charge in [0.05, 0.1) is 7.11 Å². The maximum atomic E-state index is 11.3. The van der Waals surface area contributed by atoms with Gasteiger partial charge in [-0.25, -0.2) is 0 Å². The molecular formula is C26H26O4. The molecule has 0 fully saturated rings. The number of esters is 1. The quantitative estimate of drug-likeness (QED) is 0.414. The molecular weight excluding hydrogens is 376 g/mol. The summed E-state index contributed by atoms with van der Waals surface area (Å²) in [6.45, 7) is 5.67. The Bertz CT molecular complexity index is 1040. The molecule has 0 bridgehead atoms. The second-order valence-electron chi connectivity index (χ2n) is 8.14. The maximum absolute atomic E-state index is 11.3. The highest BCUT2D eigenvalue weighted by Crippen LogP contribution is 2.53. The monoisotopic (exact) mass is 402 g/mol. The van der Waals surface area contributed by atoms with Gasteiger partial charge in [0, 0.05) is 30.4 Å². The van der Waals surface area contributed by atoms with Crippen LogP contribution in [0.2, 0.25) is 0 Å². The highest BCUT2D eigenvalue weighted by Gasteiger charge is 2.45. The van der Waals surface area contributed by atoms with E-state index in [2.05, 4.69) is 44.2 Å². The van der Waals surface area contributed by atoms with Crippen molar-refractivity contribution in [2.45, 2.75) is 38.2 Å². The third-order valence-electron chi connectivity index (χ3n) is 5.67. The zero-order chi connectivity index (χ0) is 21.3. The van der Waals surface area contributed by atoms with E-state index in [0.29, 0.717) is 5.75 Å². The standard InChI is InChI=1S/C26H26O4/c1-17(27)29-20-12-10-18(11-13-20)24-22-15-14-21(28-4)16-23(22)30-26(2,3)25(24)19-8-6-5-7-9-19/h5-16,24-25H,1-4H3/t24-,25-/m1/s1. The Balaban J connectivity index is 1.87. The van der Waals surface area contributed by atoms with Gasteiger partial charge in [-0.1, -0.05) is 48.5 Å². The van der Waals surface area contributed by atoms with E-state index in [1.807, 2.05) is 42.5 Å². The van der Waals surface area contributed by atoms with Crippen LogP contribution >= 0.6 is 0 Å². The van der Waals surface area contributed by atoms with Gasteiger partial charge in [0.1, 0.15) is 22.8 Å². The smallest absolute Gasteiger partial charge is 0.308 e. The van der Waals surface area contributed by atoms with Gasteiger partial charge >= 0.3 is 5.97 Å². The van der Waals surface area contributed by atoms with Crippen LogP contribution in [0.3, 0.4) is 0 Å². The van der Waals surface area contributed by atoms with Gasteiger partial charge in [0.15, 0.2) is 0 Å². The topological polar surface area (TPSA) is 44.8 Å². The SMILES string of the molecule is COc1ccc2c(c1)OC(C)(C)[C@H](c1ccccc1)[C@@H]2c1ccc(OC(C)=O)cc1. The van der Waals surface area contributed by atoms with Crippen LogP contribution < -0.4 is 14.2 Å². The van der Waals surface area contributed by atoms with Crippen molar-refractivity contribution in [2.24, 2.45) is 0 Å². The summed E-state index contributed by atoms with van der Waals surface area (Å²) in [6, 6.07) is 24.3.